The van der Waals surface area contributed by atoms with Crippen molar-refractivity contribution in [2.45, 2.75) is 6.92 Å². The van der Waals surface area contributed by atoms with Gasteiger partial charge in [0.05, 0.1) is 13.2 Å². The molecule has 0 bridgehead atoms. The van der Waals surface area contributed by atoms with E-state index in [0.29, 0.717) is 13.2 Å². The van der Waals surface area contributed by atoms with E-state index in [9.17, 15) is 0 Å². The van der Waals surface area contributed by atoms with Gasteiger partial charge in [-0.1, -0.05) is 18.2 Å². The van der Waals surface area contributed by atoms with Crippen LogP contribution in [0.15, 0.2) is 35.3 Å². The summed E-state index contributed by atoms with van der Waals surface area (Å²) < 4.78 is 5.00. The summed E-state index contributed by atoms with van der Waals surface area (Å²) >= 11 is 0. The highest BCUT2D eigenvalue weighted by molar-refractivity contribution is 5.79. The molecule has 1 aromatic carbocycles. The molecule has 112 valence electrons. The highest BCUT2D eigenvalue weighted by Gasteiger charge is 2.00. The van der Waals surface area contributed by atoms with Crippen molar-refractivity contribution in [3.63, 3.8) is 0 Å². The molecule has 0 aromatic heterocycles. The minimum absolute atomic E-state index is 0.639. The maximum absolute atomic E-state index is 5.00. The molecule has 2 N–H and O–H groups in total. The van der Waals surface area contributed by atoms with Gasteiger partial charge in [-0.05, 0) is 19.1 Å². The first kappa shape index (κ1) is 16.3. The largest absolute Gasteiger partial charge is 0.383 e. The molecule has 0 aliphatic carbocycles. The summed E-state index contributed by atoms with van der Waals surface area (Å²) in [7, 11) is 3.77. The molecule has 0 unspecified atom stereocenters. The summed E-state index contributed by atoms with van der Waals surface area (Å²) in [5.41, 5.74) is 1.22. The summed E-state index contributed by atoms with van der Waals surface area (Å²) in [6.45, 7) is 5.97. The zero-order valence-electron chi connectivity index (χ0n) is 12.7. The Balaban J connectivity index is 2.34. The maximum Gasteiger partial charge on any atom is 0.191 e. The van der Waals surface area contributed by atoms with E-state index in [0.717, 1.165) is 25.6 Å². The monoisotopic (exact) mass is 278 g/mol. The lowest BCUT2D eigenvalue weighted by Gasteiger charge is -2.20. The average molecular weight is 278 g/mol. The fourth-order valence-electron chi connectivity index (χ4n) is 1.74. The number of aliphatic imine (C=N–C) groups is 1. The predicted molar refractivity (Wildman–Crippen MR) is 85.6 cm³/mol. The molecule has 0 spiro atoms. The van der Waals surface area contributed by atoms with Crippen molar-refractivity contribution in [2.24, 2.45) is 4.99 Å². The Kier molecular flexibility index (Phi) is 8.22. The molecule has 0 aliphatic heterocycles. The van der Waals surface area contributed by atoms with E-state index in [-0.39, 0.29) is 0 Å². The van der Waals surface area contributed by atoms with Crippen molar-refractivity contribution in [2.75, 3.05) is 51.8 Å². The molecule has 0 atom stereocenters. The van der Waals surface area contributed by atoms with Crippen LogP contribution < -0.4 is 15.5 Å². The predicted octanol–water partition coefficient (Wildman–Crippen LogP) is 1.32. The standard InChI is InChI=1S/C15H26N4O/c1-4-16-15(18-11-13-20-3)17-10-12-19(2)14-8-6-5-7-9-14/h5-9H,4,10-13H2,1-3H3,(H2,16,17,18). The van der Waals surface area contributed by atoms with Crippen molar-refractivity contribution in [1.29, 1.82) is 0 Å². The lowest BCUT2D eigenvalue weighted by molar-refractivity contribution is 0.208. The number of anilines is 1. The van der Waals surface area contributed by atoms with Crippen LogP contribution in [0.4, 0.5) is 5.69 Å². The van der Waals surface area contributed by atoms with Gasteiger partial charge in [-0.3, -0.25) is 4.99 Å². The Morgan fingerprint density at radius 3 is 2.65 bits per heavy atom. The SMILES string of the molecule is CCNC(=NCCOC)NCCN(C)c1ccccc1. The van der Waals surface area contributed by atoms with Crippen LogP contribution in [0.5, 0.6) is 0 Å². The van der Waals surface area contributed by atoms with E-state index >= 15 is 0 Å². The van der Waals surface area contributed by atoms with Crippen molar-refractivity contribution >= 4 is 11.6 Å². The van der Waals surface area contributed by atoms with Gasteiger partial charge in [0.15, 0.2) is 5.96 Å². The van der Waals surface area contributed by atoms with Crippen LogP contribution in [0.3, 0.4) is 0 Å². The van der Waals surface area contributed by atoms with Gasteiger partial charge in [0.1, 0.15) is 0 Å². The first-order valence-corrected chi connectivity index (χ1v) is 7.05. The number of para-hydroxylation sites is 1. The number of nitrogens with one attached hydrogen (secondary N) is 2. The number of nitrogens with zero attached hydrogens (tertiary/aromatic N) is 2. The van der Waals surface area contributed by atoms with Gasteiger partial charge in [0, 0.05) is 39.5 Å². The summed E-state index contributed by atoms with van der Waals surface area (Å²) in [5, 5.41) is 6.54. The van der Waals surface area contributed by atoms with Crippen molar-refractivity contribution in [1.82, 2.24) is 10.6 Å². The molecule has 0 amide bonds. The van der Waals surface area contributed by atoms with Crippen LogP contribution in [-0.4, -0.2) is 52.9 Å². The fraction of sp³-hybridized carbons (Fsp3) is 0.533. The molecule has 0 radical (unpaired) electrons. The van der Waals surface area contributed by atoms with Gasteiger partial charge in [0.2, 0.25) is 0 Å². The summed E-state index contributed by atoms with van der Waals surface area (Å²) in [6, 6.07) is 10.3. The van der Waals surface area contributed by atoms with Crippen LogP contribution in [0.25, 0.3) is 0 Å². The number of rotatable bonds is 8. The number of benzene rings is 1. The zero-order valence-corrected chi connectivity index (χ0v) is 12.7. The summed E-state index contributed by atoms with van der Waals surface area (Å²) in [4.78, 5) is 6.64. The normalized spacial score (nSPS) is 11.2. The number of hydrogen-bond acceptors (Lipinski definition) is 3. The molecule has 0 heterocycles. The number of hydrogen-bond donors (Lipinski definition) is 2. The van der Waals surface area contributed by atoms with Gasteiger partial charge in [0.25, 0.3) is 0 Å². The van der Waals surface area contributed by atoms with Crippen molar-refractivity contribution in [3.8, 4) is 0 Å². The van der Waals surface area contributed by atoms with E-state index in [1.165, 1.54) is 5.69 Å². The van der Waals surface area contributed by atoms with Gasteiger partial charge in [-0.2, -0.15) is 0 Å². The van der Waals surface area contributed by atoms with Crippen LogP contribution >= 0.6 is 0 Å². The van der Waals surface area contributed by atoms with Gasteiger partial charge >= 0.3 is 0 Å². The zero-order chi connectivity index (χ0) is 14.6. The fourth-order valence-corrected chi connectivity index (χ4v) is 1.74. The van der Waals surface area contributed by atoms with Crippen LogP contribution in [0, 0.1) is 0 Å². The molecule has 5 heteroatoms. The molecule has 1 rings (SSSR count). The Bertz CT molecular complexity index is 381. The molecule has 0 aliphatic rings. The highest BCUT2D eigenvalue weighted by atomic mass is 16.5. The molecule has 0 fully saturated rings. The molecule has 0 saturated carbocycles. The Hall–Kier alpha value is -1.75. The molecular formula is C15H26N4O. The summed E-state index contributed by atoms with van der Waals surface area (Å²) in [6.07, 6.45) is 0. The quantitative estimate of drug-likeness (QED) is 0.428. The minimum atomic E-state index is 0.639. The molecule has 20 heavy (non-hydrogen) atoms. The second-order valence-corrected chi connectivity index (χ2v) is 4.44. The Morgan fingerprint density at radius 1 is 1.25 bits per heavy atom. The van der Waals surface area contributed by atoms with Gasteiger partial charge in [-0.25, -0.2) is 0 Å². The molecule has 0 saturated heterocycles. The third-order valence-corrected chi connectivity index (χ3v) is 2.85. The molecule has 5 nitrogen and oxygen atoms in total. The van der Waals surface area contributed by atoms with E-state index in [4.69, 9.17) is 4.74 Å². The summed E-state index contributed by atoms with van der Waals surface area (Å²) in [5.74, 6) is 0.839. The lowest BCUT2D eigenvalue weighted by Crippen LogP contribution is -2.41. The number of guanidine groups is 1. The molecular weight excluding hydrogens is 252 g/mol. The minimum Gasteiger partial charge on any atom is -0.383 e. The smallest absolute Gasteiger partial charge is 0.191 e. The van der Waals surface area contributed by atoms with E-state index in [1.807, 2.05) is 6.07 Å². The Labute approximate surface area is 122 Å². The molecule has 1 aromatic rings. The topological polar surface area (TPSA) is 48.9 Å². The highest BCUT2D eigenvalue weighted by Crippen LogP contribution is 2.09. The third-order valence-electron chi connectivity index (χ3n) is 2.85. The number of ether oxygens (including phenoxy) is 1. The van der Waals surface area contributed by atoms with Crippen LogP contribution in [-0.2, 0) is 4.74 Å². The Morgan fingerprint density at radius 2 is 2.00 bits per heavy atom. The lowest BCUT2D eigenvalue weighted by atomic mass is 10.3. The van der Waals surface area contributed by atoms with Crippen LogP contribution in [0.2, 0.25) is 0 Å². The van der Waals surface area contributed by atoms with E-state index in [1.54, 1.807) is 7.11 Å². The second kappa shape index (κ2) is 10.1. The van der Waals surface area contributed by atoms with E-state index in [2.05, 4.69) is 58.8 Å². The van der Waals surface area contributed by atoms with E-state index < -0.39 is 0 Å². The average Bonchev–Trinajstić information content (AvgIpc) is 2.48. The van der Waals surface area contributed by atoms with Crippen molar-refractivity contribution in [3.05, 3.63) is 30.3 Å². The first-order chi connectivity index (χ1) is 9.77. The number of likely N-dealkylation sites (N-methyl/N-ethyl adjacent to an activating group) is 1. The maximum atomic E-state index is 5.00. The second-order valence-electron chi connectivity index (χ2n) is 4.44. The van der Waals surface area contributed by atoms with Crippen molar-refractivity contribution < 1.29 is 4.74 Å². The number of methoxy groups -OCH3 is 1. The van der Waals surface area contributed by atoms with Crippen LogP contribution in [0.1, 0.15) is 6.92 Å². The van der Waals surface area contributed by atoms with Gasteiger partial charge < -0.3 is 20.3 Å². The van der Waals surface area contributed by atoms with Gasteiger partial charge in [-0.15, -0.1) is 0 Å². The third kappa shape index (κ3) is 6.43. The first-order valence-electron chi connectivity index (χ1n) is 7.05.